The molecule has 1 aliphatic rings. The smallest absolute Gasteiger partial charge is 0.302 e. The van der Waals surface area contributed by atoms with Crippen LogP contribution in [0.5, 0.6) is 0 Å². The second-order valence-corrected chi connectivity index (χ2v) is 8.43. The molecular weight excluding hydrogens is 385 g/mol. The van der Waals surface area contributed by atoms with Gasteiger partial charge in [0.25, 0.3) is 0 Å². The first-order valence-corrected chi connectivity index (χ1v) is 10.7. The van der Waals surface area contributed by atoms with E-state index in [1.54, 1.807) is 6.07 Å². The number of benzene rings is 2. The summed E-state index contributed by atoms with van der Waals surface area (Å²) < 4.78 is 41.3. The van der Waals surface area contributed by atoms with E-state index in [2.05, 4.69) is 23.1 Å². The maximum absolute atomic E-state index is 13.8. The number of hydrogen-bond acceptors (Lipinski definition) is 2. The number of halogens is 3. The molecule has 0 amide bonds. The average molecular weight is 415 g/mol. The summed E-state index contributed by atoms with van der Waals surface area (Å²) in [6.07, 6.45) is 0.271. The van der Waals surface area contributed by atoms with Gasteiger partial charge in [0.05, 0.1) is 17.0 Å². The van der Waals surface area contributed by atoms with Crippen molar-refractivity contribution in [2.45, 2.75) is 56.7 Å². The summed E-state index contributed by atoms with van der Waals surface area (Å²) in [4.78, 5) is 2.17. The van der Waals surface area contributed by atoms with Gasteiger partial charge in [0.1, 0.15) is 0 Å². The van der Waals surface area contributed by atoms with Gasteiger partial charge in [-0.25, -0.2) is 0 Å². The molecule has 0 bridgehead atoms. The predicted octanol–water partition coefficient (Wildman–Crippen LogP) is 6.57. The van der Waals surface area contributed by atoms with Gasteiger partial charge in [-0.2, -0.15) is 18.4 Å². The zero-order chi connectivity index (χ0) is 21.6. The Morgan fingerprint density at radius 2 is 1.57 bits per heavy atom. The highest BCUT2D eigenvalue weighted by Gasteiger charge is 2.46. The fourth-order valence-electron chi connectivity index (χ4n) is 4.91. The van der Waals surface area contributed by atoms with Crippen LogP contribution in [0.2, 0.25) is 0 Å². The van der Waals surface area contributed by atoms with Crippen molar-refractivity contribution >= 4 is 0 Å². The second-order valence-electron chi connectivity index (χ2n) is 8.43. The lowest BCUT2D eigenvalue weighted by atomic mass is 9.66. The quantitative estimate of drug-likeness (QED) is 0.488. The minimum absolute atomic E-state index is 0.0228. The van der Waals surface area contributed by atoms with Crippen molar-refractivity contribution in [2.24, 2.45) is 5.92 Å². The molecule has 1 fully saturated rings. The van der Waals surface area contributed by atoms with Crippen molar-refractivity contribution in [1.82, 2.24) is 4.90 Å². The predicted molar refractivity (Wildman–Crippen MR) is 113 cm³/mol. The maximum atomic E-state index is 13.8. The normalized spacial score (nSPS) is 17.1. The van der Waals surface area contributed by atoms with Crippen LogP contribution in [0, 0.1) is 17.2 Å². The van der Waals surface area contributed by atoms with E-state index < -0.39 is 17.2 Å². The van der Waals surface area contributed by atoms with Crippen LogP contribution in [0.15, 0.2) is 54.6 Å². The van der Waals surface area contributed by atoms with Gasteiger partial charge in [-0.05, 0) is 62.4 Å². The van der Waals surface area contributed by atoms with Crippen LogP contribution in [0.25, 0.3) is 0 Å². The van der Waals surface area contributed by atoms with Crippen LogP contribution >= 0.6 is 0 Å². The summed E-state index contributed by atoms with van der Waals surface area (Å²) in [5.41, 5.74) is -0.380. The molecule has 1 aliphatic carbocycles. The summed E-state index contributed by atoms with van der Waals surface area (Å²) in [7, 11) is 2.01. The Kier molecular flexibility index (Phi) is 7.20. The summed E-state index contributed by atoms with van der Waals surface area (Å²) in [5.74, 6) is -0.0228. The third-order valence-electron chi connectivity index (χ3n) is 6.37. The number of nitriles is 1. The van der Waals surface area contributed by atoms with Crippen molar-refractivity contribution in [3.63, 3.8) is 0 Å². The van der Waals surface area contributed by atoms with E-state index in [0.717, 1.165) is 44.8 Å². The zero-order valence-corrected chi connectivity index (χ0v) is 17.5. The number of alkyl halides is 3. The van der Waals surface area contributed by atoms with Crippen molar-refractivity contribution in [1.29, 1.82) is 5.26 Å². The summed E-state index contributed by atoms with van der Waals surface area (Å²) in [5, 5.41) is 10.3. The van der Waals surface area contributed by atoms with Gasteiger partial charge in [-0.15, -0.1) is 0 Å². The fourth-order valence-corrected chi connectivity index (χ4v) is 4.91. The van der Waals surface area contributed by atoms with Crippen LogP contribution in [-0.2, 0) is 18.1 Å². The molecule has 2 aromatic rings. The fraction of sp³-hybridized carbons (Fsp3) is 0.480. The average Bonchev–Trinajstić information content (AvgIpc) is 3.27. The van der Waals surface area contributed by atoms with Crippen LogP contribution in [0.4, 0.5) is 13.2 Å². The van der Waals surface area contributed by atoms with Gasteiger partial charge in [0.2, 0.25) is 0 Å². The Hall–Kier alpha value is -2.32. The number of hydrogen-bond donors (Lipinski definition) is 0. The molecule has 1 unspecified atom stereocenters. The van der Waals surface area contributed by atoms with Crippen LogP contribution < -0.4 is 0 Å². The molecule has 160 valence electrons. The Labute approximate surface area is 177 Å². The molecular formula is C25H29F3N2. The summed E-state index contributed by atoms with van der Waals surface area (Å²) >= 11 is 0. The molecule has 30 heavy (non-hydrogen) atoms. The standard InChI is InChI=1S/C25H29F3N2/c1-30(18-20-10-3-2-4-11-20)17-9-16-24(19-29,21-12-5-6-13-21)22-14-7-8-15-23(22)25(26,27)28/h2-4,7-8,10-11,14-15,21H,5-6,9,12-13,16-18H2,1H3. The molecule has 0 aliphatic heterocycles. The largest absolute Gasteiger partial charge is 0.416 e. The summed E-state index contributed by atoms with van der Waals surface area (Å²) in [6.45, 7) is 1.52. The molecule has 1 saturated carbocycles. The van der Waals surface area contributed by atoms with Gasteiger partial charge in [0.15, 0.2) is 0 Å². The van der Waals surface area contributed by atoms with Crippen LogP contribution in [0.1, 0.15) is 55.2 Å². The molecule has 3 rings (SSSR count). The van der Waals surface area contributed by atoms with Gasteiger partial charge in [-0.3, -0.25) is 0 Å². The first kappa shape index (κ1) is 22.4. The van der Waals surface area contributed by atoms with Crippen molar-refractivity contribution in [2.75, 3.05) is 13.6 Å². The van der Waals surface area contributed by atoms with Gasteiger partial charge in [-0.1, -0.05) is 61.4 Å². The molecule has 1 atom stereocenters. The zero-order valence-electron chi connectivity index (χ0n) is 17.5. The number of nitrogens with zero attached hydrogens (tertiary/aromatic N) is 2. The van der Waals surface area contributed by atoms with E-state index in [0.29, 0.717) is 12.8 Å². The molecule has 2 aromatic carbocycles. The van der Waals surface area contributed by atoms with Crippen molar-refractivity contribution < 1.29 is 13.2 Å². The lowest BCUT2D eigenvalue weighted by Crippen LogP contribution is -2.36. The van der Waals surface area contributed by atoms with E-state index in [1.165, 1.54) is 17.7 Å². The third-order valence-corrected chi connectivity index (χ3v) is 6.37. The Morgan fingerprint density at radius 1 is 0.967 bits per heavy atom. The molecule has 5 heteroatoms. The van der Waals surface area contributed by atoms with E-state index in [1.807, 2.05) is 25.2 Å². The molecule has 0 aromatic heterocycles. The highest BCUT2D eigenvalue weighted by molar-refractivity contribution is 5.42. The molecule has 2 nitrogen and oxygen atoms in total. The van der Waals surface area contributed by atoms with E-state index in [9.17, 15) is 18.4 Å². The van der Waals surface area contributed by atoms with Gasteiger partial charge in [0, 0.05) is 6.54 Å². The lowest BCUT2D eigenvalue weighted by molar-refractivity contribution is -0.138. The molecule has 0 heterocycles. The minimum atomic E-state index is -4.46. The molecule has 0 saturated heterocycles. The highest BCUT2D eigenvalue weighted by atomic mass is 19.4. The van der Waals surface area contributed by atoms with Crippen LogP contribution in [0.3, 0.4) is 0 Å². The van der Waals surface area contributed by atoms with Crippen molar-refractivity contribution in [3.05, 3.63) is 71.3 Å². The SMILES string of the molecule is CN(CCCC(C#N)(c1ccccc1C(F)(F)F)C1CCCC1)Cc1ccccc1. The van der Waals surface area contributed by atoms with Gasteiger partial charge < -0.3 is 4.90 Å². The van der Waals surface area contributed by atoms with E-state index in [-0.39, 0.29) is 11.5 Å². The first-order valence-electron chi connectivity index (χ1n) is 10.7. The topological polar surface area (TPSA) is 27.0 Å². The minimum Gasteiger partial charge on any atom is -0.302 e. The van der Waals surface area contributed by atoms with Gasteiger partial charge >= 0.3 is 6.18 Å². The first-order chi connectivity index (χ1) is 14.4. The van der Waals surface area contributed by atoms with E-state index >= 15 is 0 Å². The maximum Gasteiger partial charge on any atom is 0.416 e. The Morgan fingerprint density at radius 3 is 2.17 bits per heavy atom. The Bertz CT molecular complexity index is 851. The highest BCUT2D eigenvalue weighted by Crippen LogP contribution is 2.48. The third kappa shape index (κ3) is 5.05. The second kappa shape index (κ2) is 9.66. The number of rotatable bonds is 8. The molecule has 0 radical (unpaired) electrons. The Balaban J connectivity index is 1.81. The summed E-state index contributed by atoms with van der Waals surface area (Å²) in [6, 6.07) is 18.2. The lowest BCUT2D eigenvalue weighted by Gasteiger charge is -2.36. The molecule has 0 N–H and O–H groups in total. The molecule has 0 spiro atoms. The van der Waals surface area contributed by atoms with Crippen LogP contribution in [-0.4, -0.2) is 18.5 Å². The monoisotopic (exact) mass is 414 g/mol. The van der Waals surface area contributed by atoms with Crippen molar-refractivity contribution in [3.8, 4) is 6.07 Å². The van der Waals surface area contributed by atoms with E-state index in [4.69, 9.17) is 0 Å².